The minimum absolute atomic E-state index is 0.464. The molecule has 0 heterocycles. The van der Waals surface area contributed by atoms with Gasteiger partial charge in [-0.25, -0.2) is 0 Å². The largest absolute Gasteiger partial charge is 0.480 e. The minimum atomic E-state index is -0.766. The van der Waals surface area contributed by atoms with Gasteiger partial charge in [-0.3, -0.25) is 9.69 Å². The van der Waals surface area contributed by atoms with Crippen molar-refractivity contribution in [3.8, 4) is 0 Å². The molecule has 0 saturated heterocycles. The Kier molecular flexibility index (Phi) is 9.03. The summed E-state index contributed by atoms with van der Waals surface area (Å²) in [5.41, 5.74) is 0. The third-order valence-corrected chi connectivity index (χ3v) is 2.59. The lowest BCUT2D eigenvalue weighted by Gasteiger charge is -2.26. The normalized spacial score (nSPS) is 13.3. The van der Waals surface area contributed by atoms with Gasteiger partial charge in [0, 0.05) is 19.6 Å². The Morgan fingerprint density at radius 1 is 1.24 bits per heavy atom. The lowest BCUT2D eigenvalue weighted by molar-refractivity contribution is -0.140. The van der Waals surface area contributed by atoms with Gasteiger partial charge in [0.2, 0.25) is 0 Å². The number of nitrogens with zero attached hydrogens (tertiary/aromatic N) is 2. The van der Waals surface area contributed by atoms with Crippen molar-refractivity contribution in [1.29, 1.82) is 0 Å². The molecule has 0 aromatic carbocycles. The van der Waals surface area contributed by atoms with Crippen LogP contribution in [-0.2, 0) is 4.79 Å². The maximum Gasteiger partial charge on any atom is 0.322 e. The number of hydrogen-bond acceptors (Lipinski definition) is 4. The molecule has 0 aliphatic carbocycles. The number of carboxylic acids is 1. The third kappa shape index (κ3) is 8.12. The molecule has 0 aliphatic heterocycles. The molecule has 0 saturated carbocycles. The Morgan fingerprint density at radius 2 is 1.88 bits per heavy atom. The predicted molar refractivity (Wildman–Crippen MR) is 70.4 cm³/mol. The van der Waals surface area contributed by atoms with E-state index in [4.69, 9.17) is 5.11 Å². The van der Waals surface area contributed by atoms with E-state index >= 15 is 0 Å². The molecule has 0 aliphatic rings. The van der Waals surface area contributed by atoms with E-state index in [9.17, 15) is 4.79 Å². The van der Waals surface area contributed by atoms with Crippen LogP contribution >= 0.6 is 0 Å². The van der Waals surface area contributed by atoms with E-state index in [0.29, 0.717) is 13.1 Å². The van der Waals surface area contributed by atoms with Gasteiger partial charge < -0.3 is 15.3 Å². The van der Waals surface area contributed by atoms with Crippen LogP contribution in [0, 0.1) is 0 Å². The molecule has 0 amide bonds. The summed E-state index contributed by atoms with van der Waals surface area (Å²) in [4.78, 5) is 15.4. The fourth-order valence-corrected chi connectivity index (χ4v) is 1.69. The first-order valence-electron chi connectivity index (χ1n) is 6.34. The predicted octanol–water partition coefficient (Wildman–Crippen LogP) is 0.323. The van der Waals surface area contributed by atoms with Gasteiger partial charge >= 0.3 is 5.97 Å². The summed E-state index contributed by atoms with van der Waals surface area (Å²) in [6.45, 7) is 8.12. The second-order valence-electron chi connectivity index (χ2n) is 4.55. The molecule has 102 valence electrons. The van der Waals surface area contributed by atoms with Gasteiger partial charge in [-0.05, 0) is 33.6 Å². The van der Waals surface area contributed by atoms with Crippen LogP contribution in [0.25, 0.3) is 0 Å². The zero-order chi connectivity index (χ0) is 13.3. The van der Waals surface area contributed by atoms with Crippen LogP contribution in [0.5, 0.6) is 0 Å². The number of carboxylic acid groups (broad SMARTS) is 1. The van der Waals surface area contributed by atoms with Gasteiger partial charge in [0.25, 0.3) is 0 Å². The Morgan fingerprint density at radius 3 is 2.29 bits per heavy atom. The number of aliphatic carboxylic acids is 1. The SMILES string of the molecule is CCCN(CCN(C)C)CC(NCC)C(=O)O. The lowest BCUT2D eigenvalue weighted by Crippen LogP contribution is -2.47. The second-order valence-corrected chi connectivity index (χ2v) is 4.55. The van der Waals surface area contributed by atoms with Crippen LogP contribution in [0.1, 0.15) is 20.3 Å². The Hall–Kier alpha value is -0.650. The third-order valence-electron chi connectivity index (χ3n) is 2.59. The first kappa shape index (κ1) is 16.4. The van der Waals surface area contributed by atoms with E-state index in [1.165, 1.54) is 0 Å². The van der Waals surface area contributed by atoms with E-state index < -0.39 is 12.0 Å². The molecular formula is C12H27N3O2. The van der Waals surface area contributed by atoms with E-state index in [0.717, 1.165) is 26.1 Å². The van der Waals surface area contributed by atoms with Crippen molar-refractivity contribution in [2.24, 2.45) is 0 Å². The highest BCUT2D eigenvalue weighted by Gasteiger charge is 2.19. The van der Waals surface area contributed by atoms with Crippen molar-refractivity contribution in [2.75, 3.05) is 46.8 Å². The smallest absolute Gasteiger partial charge is 0.322 e. The molecular weight excluding hydrogens is 218 g/mol. The average Bonchev–Trinajstić information content (AvgIpc) is 2.25. The van der Waals surface area contributed by atoms with Crippen molar-refractivity contribution in [3.63, 3.8) is 0 Å². The van der Waals surface area contributed by atoms with Crippen molar-refractivity contribution in [2.45, 2.75) is 26.3 Å². The Labute approximate surface area is 105 Å². The van der Waals surface area contributed by atoms with Gasteiger partial charge in [0.1, 0.15) is 6.04 Å². The van der Waals surface area contributed by atoms with Crippen LogP contribution in [0.2, 0.25) is 0 Å². The summed E-state index contributed by atoms with van der Waals surface area (Å²) < 4.78 is 0. The average molecular weight is 245 g/mol. The monoisotopic (exact) mass is 245 g/mol. The number of rotatable bonds is 10. The lowest BCUT2D eigenvalue weighted by atomic mass is 10.2. The molecule has 0 spiro atoms. The van der Waals surface area contributed by atoms with Crippen LogP contribution < -0.4 is 5.32 Å². The zero-order valence-electron chi connectivity index (χ0n) is 11.6. The number of likely N-dealkylation sites (N-methyl/N-ethyl adjacent to an activating group) is 2. The highest BCUT2D eigenvalue weighted by Crippen LogP contribution is 1.96. The van der Waals surface area contributed by atoms with Crippen molar-refractivity contribution in [1.82, 2.24) is 15.1 Å². The molecule has 5 nitrogen and oxygen atoms in total. The Bertz CT molecular complexity index is 210. The van der Waals surface area contributed by atoms with Gasteiger partial charge in [-0.1, -0.05) is 13.8 Å². The van der Waals surface area contributed by atoms with Crippen molar-refractivity contribution in [3.05, 3.63) is 0 Å². The molecule has 2 N–H and O–H groups in total. The summed E-state index contributed by atoms with van der Waals surface area (Å²) >= 11 is 0. The highest BCUT2D eigenvalue weighted by molar-refractivity contribution is 5.73. The number of carbonyl (C=O) groups is 1. The first-order chi connectivity index (χ1) is 8.01. The van der Waals surface area contributed by atoms with Gasteiger partial charge in [-0.2, -0.15) is 0 Å². The van der Waals surface area contributed by atoms with Crippen LogP contribution in [0.15, 0.2) is 0 Å². The molecule has 0 radical (unpaired) electrons. The van der Waals surface area contributed by atoms with Crippen LogP contribution in [-0.4, -0.2) is 73.7 Å². The summed E-state index contributed by atoms with van der Waals surface area (Å²) in [6.07, 6.45) is 1.05. The molecule has 0 fully saturated rings. The quantitative estimate of drug-likeness (QED) is 0.580. The summed E-state index contributed by atoms with van der Waals surface area (Å²) in [5.74, 6) is -0.766. The summed E-state index contributed by atoms with van der Waals surface area (Å²) in [7, 11) is 4.06. The van der Waals surface area contributed by atoms with E-state index in [1.807, 2.05) is 21.0 Å². The molecule has 5 heteroatoms. The van der Waals surface area contributed by atoms with Crippen molar-refractivity contribution < 1.29 is 9.90 Å². The molecule has 17 heavy (non-hydrogen) atoms. The number of nitrogens with one attached hydrogen (secondary N) is 1. The molecule has 0 rings (SSSR count). The first-order valence-corrected chi connectivity index (χ1v) is 6.34. The fourth-order valence-electron chi connectivity index (χ4n) is 1.69. The standard InChI is InChI=1S/C12H27N3O2/c1-5-7-15(9-8-14(3)4)10-11(12(16)17)13-6-2/h11,13H,5-10H2,1-4H3,(H,16,17). The fraction of sp³-hybridized carbons (Fsp3) is 0.917. The maximum absolute atomic E-state index is 11.1. The summed E-state index contributed by atoms with van der Waals surface area (Å²) in [6, 6.07) is -0.464. The zero-order valence-corrected chi connectivity index (χ0v) is 11.6. The van der Waals surface area contributed by atoms with E-state index in [2.05, 4.69) is 22.0 Å². The van der Waals surface area contributed by atoms with Crippen LogP contribution in [0.4, 0.5) is 0 Å². The molecule has 0 aromatic heterocycles. The van der Waals surface area contributed by atoms with Crippen molar-refractivity contribution >= 4 is 5.97 Å². The number of hydrogen-bond donors (Lipinski definition) is 2. The second kappa shape index (κ2) is 9.39. The van der Waals surface area contributed by atoms with Gasteiger partial charge in [0.05, 0.1) is 0 Å². The van der Waals surface area contributed by atoms with Gasteiger partial charge in [0.15, 0.2) is 0 Å². The molecule has 0 bridgehead atoms. The molecule has 1 unspecified atom stereocenters. The van der Waals surface area contributed by atoms with Gasteiger partial charge in [-0.15, -0.1) is 0 Å². The van der Waals surface area contributed by atoms with Crippen LogP contribution in [0.3, 0.4) is 0 Å². The highest BCUT2D eigenvalue weighted by atomic mass is 16.4. The maximum atomic E-state index is 11.1. The van der Waals surface area contributed by atoms with E-state index in [-0.39, 0.29) is 0 Å². The Balaban J connectivity index is 4.22. The molecule has 1 atom stereocenters. The topological polar surface area (TPSA) is 55.8 Å². The minimum Gasteiger partial charge on any atom is -0.480 e. The molecule has 0 aromatic rings. The van der Waals surface area contributed by atoms with E-state index in [1.54, 1.807) is 0 Å². The summed E-state index contributed by atoms with van der Waals surface area (Å²) in [5, 5.41) is 12.1.